The van der Waals surface area contributed by atoms with Crippen LogP contribution in [-0.4, -0.2) is 39.4 Å². The fourth-order valence-electron chi connectivity index (χ4n) is 2.85. The van der Waals surface area contributed by atoms with Gasteiger partial charge in [0.25, 0.3) is 5.91 Å². The predicted molar refractivity (Wildman–Crippen MR) is 109 cm³/mol. The molecule has 3 aromatic rings. The van der Waals surface area contributed by atoms with E-state index in [0.29, 0.717) is 23.7 Å². The Hall–Kier alpha value is -3.46. The summed E-state index contributed by atoms with van der Waals surface area (Å²) < 4.78 is 16.1. The van der Waals surface area contributed by atoms with Gasteiger partial charge in [0, 0.05) is 51.1 Å². The van der Waals surface area contributed by atoms with Crippen LogP contribution in [0.2, 0.25) is 0 Å². The molecule has 2 aromatic heterocycles. The molecule has 0 radical (unpaired) electrons. The maximum Gasteiger partial charge on any atom is 0.253 e. The monoisotopic (exact) mass is 398 g/mol. The normalized spacial score (nSPS) is 10.7. The molecule has 2 heterocycles. The lowest BCUT2D eigenvalue weighted by Crippen LogP contribution is -2.19. The number of amides is 1. The fourth-order valence-corrected chi connectivity index (χ4v) is 2.85. The molecule has 8 nitrogen and oxygen atoms in total. The summed E-state index contributed by atoms with van der Waals surface area (Å²) in [7, 11) is 3.28. The minimum atomic E-state index is -0.530. The molecule has 0 saturated heterocycles. The van der Waals surface area contributed by atoms with Crippen LogP contribution in [-0.2, 0) is 13.5 Å². The minimum absolute atomic E-state index is 0.0175. The van der Waals surface area contributed by atoms with Gasteiger partial charge in [-0.1, -0.05) is 6.07 Å². The Morgan fingerprint density at radius 2 is 2.07 bits per heavy atom. The van der Waals surface area contributed by atoms with Gasteiger partial charge >= 0.3 is 0 Å². The Morgan fingerprint density at radius 1 is 1.28 bits per heavy atom. The number of aliphatic hydroxyl groups excluding tert-OH is 1. The van der Waals surface area contributed by atoms with Crippen LogP contribution >= 0.6 is 0 Å². The number of aromatic nitrogens is 3. The number of para-hydroxylation sites is 1. The lowest BCUT2D eigenvalue weighted by molar-refractivity contribution is 0.0963. The lowest BCUT2D eigenvalue weighted by atomic mass is 10.1. The summed E-state index contributed by atoms with van der Waals surface area (Å²) in [6.07, 6.45) is 2.11. The van der Waals surface area contributed by atoms with E-state index in [4.69, 9.17) is 5.11 Å². The lowest BCUT2D eigenvalue weighted by Gasteiger charge is -2.15. The Kier molecular flexibility index (Phi) is 6.08. The van der Waals surface area contributed by atoms with Crippen LogP contribution in [0.3, 0.4) is 0 Å². The smallest absolute Gasteiger partial charge is 0.253 e. The van der Waals surface area contributed by atoms with Gasteiger partial charge in [0.1, 0.15) is 17.5 Å². The molecule has 0 aliphatic heterocycles. The van der Waals surface area contributed by atoms with Crippen LogP contribution in [0.5, 0.6) is 0 Å². The molecule has 0 bridgehead atoms. The van der Waals surface area contributed by atoms with Gasteiger partial charge in [0.2, 0.25) is 0 Å². The van der Waals surface area contributed by atoms with Gasteiger partial charge in [-0.3, -0.25) is 9.48 Å². The third-order valence-electron chi connectivity index (χ3n) is 4.40. The number of anilines is 4. The van der Waals surface area contributed by atoms with Crippen molar-refractivity contribution < 1.29 is 14.3 Å². The van der Waals surface area contributed by atoms with Crippen molar-refractivity contribution >= 4 is 28.9 Å². The molecule has 0 fully saturated rings. The SMILES string of the molecule is CNC(=O)c1cccc(F)c1Nc1cc(Nc2cc(CCO)nn2C)ncc1C. The van der Waals surface area contributed by atoms with E-state index in [1.54, 1.807) is 30.1 Å². The number of halogens is 1. The van der Waals surface area contributed by atoms with Gasteiger partial charge in [0.15, 0.2) is 0 Å². The summed E-state index contributed by atoms with van der Waals surface area (Å²) in [5.74, 6) is 0.308. The van der Waals surface area contributed by atoms with Crippen molar-refractivity contribution in [1.82, 2.24) is 20.1 Å². The van der Waals surface area contributed by atoms with E-state index in [2.05, 4.69) is 26.0 Å². The molecular formula is C20H23FN6O2. The zero-order valence-corrected chi connectivity index (χ0v) is 16.5. The van der Waals surface area contributed by atoms with E-state index >= 15 is 0 Å². The number of carbonyl (C=O) groups is 1. The van der Waals surface area contributed by atoms with E-state index in [0.717, 1.165) is 11.3 Å². The number of nitrogens with zero attached hydrogens (tertiary/aromatic N) is 3. The van der Waals surface area contributed by atoms with Gasteiger partial charge in [-0.2, -0.15) is 5.10 Å². The summed E-state index contributed by atoms with van der Waals surface area (Å²) in [5.41, 5.74) is 2.45. The number of nitrogens with one attached hydrogen (secondary N) is 3. The average Bonchev–Trinajstić information content (AvgIpc) is 3.04. The molecule has 0 unspecified atom stereocenters. The van der Waals surface area contributed by atoms with E-state index < -0.39 is 5.82 Å². The number of hydrogen-bond acceptors (Lipinski definition) is 6. The number of aryl methyl sites for hydroxylation is 2. The number of pyridine rings is 1. The molecule has 3 rings (SSSR count). The van der Waals surface area contributed by atoms with Gasteiger partial charge in [0.05, 0.1) is 16.9 Å². The third-order valence-corrected chi connectivity index (χ3v) is 4.40. The highest BCUT2D eigenvalue weighted by Crippen LogP contribution is 2.28. The predicted octanol–water partition coefficient (Wildman–Crippen LogP) is 2.64. The van der Waals surface area contributed by atoms with Gasteiger partial charge in [-0.15, -0.1) is 0 Å². The molecule has 0 aliphatic rings. The Balaban J connectivity index is 1.90. The second-order valence-corrected chi connectivity index (χ2v) is 6.49. The summed E-state index contributed by atoms with van der Waals surface area (Å²) in [4.78, 5) is 16.4. The molecule has 4 N–H and O–H groups in total. The first-order chi connectivity index (χ1) is 13.9. The first kappa shape index (κ1) is 20.3. The van der Waals surface area contributed by atoms with Crippen LogP contribution in [0.1, 0.15) is 21.6 Å². The van der Waals surface area contributed by atoms with Crippen molar-refractivity contribution in [1.29, 1.82) is 0 Å². The Bertz CT molecular complexity index is 1030. The highest BCUT2D eigenvalue weighted by molar-refractivity contribution is 6.00. The number of rotatable bonds is 7. The van der Waals surface area contributed by atoms with Crippen molar-refractivity contribution in [2.24, 2.45) is 7.05 Å². The van der Waals surface area contributed by atoms with E-state index in [-0.39, 0.29) is 23.8 Å². The van der Waals surface area contributed by atoms with Crippen molar-refractivity contribution in [3.05, 3.63) is 59.2 Å². The molecular weight excluding hydrogens is 375 g/mol. The van der Waals surface area contributed by atoms with Crippen molar-refractivity contribution in [3.63, 3.8) is 0 Å². The van der Waals surface area contributed by atoms with Gasteiger partial charge in [-0.25, -0.2) is 9.37 Å². The summed E-state index contributed by atoms with van der Waals surface area (Å²) in [6.45, 7) is 1.85. The molecule has 9 heteroatoms. The zero-order valence-electron chi connectivity index (χ0n) is 16.5. The van der Waals surface area contributed by atoms with Crippen molar-refractivity contribution in [2.45, 2.75) is 13.3 Å². The van der Waals surface area contributed by atoms with E-state index in [9.17, 15) is 9.18 Å². The molecule has 0 atom stereocenters. The topological polar surface area (TPSA) is 104 Å². The molecule has 0 aliphatic carbocycles. The quantitative estimate of drug-likeness (QED) is 0.488. The number of carbonyl (C=O) groups excluding carboxylic acids is 1. The molecule has 29 heavy (non-hydrogen) atoms. The third kappa shape index (κ3) is 4.52. The molecule has 152 valence electrons. The van der Waals surface area contributed by atoms with Crippen LogP contribution < -0.4 is 16.0 Å². The highest BCUT2D eigenvalue weighted by Gasteiger charge is 2.16. The first-order valence-corrected chi connectivity index (χ1v) is 9.08. The maximum atomic E-state index is 14.4. The minimum Gasteiger partial charge on any atom is -0.396 e. The van der Waals surface area contributed by atoms with Gasteiger partial charge in [-0.05, 0) is 24.6 Å². The summed E-state index contributed by atoms with van der Waals surface area (Å²) in [5, 5.41) is 22.1. The molecule has 0 saturated carbocycles. The average molecular weight is 398 g/mol. The second-order valence-electron chi connectivity index (χ2n) is 6.49. The van der Waals surface area contributed by atoms with E-state index in [1.807, 2.05) is 13.0 Å². The fraction of sp³-hybridized carbons (Fsp3) is 0.250. The highest BCUT2D eigenvalue weighted by atomic mass is 19.1. The first-order valence-electron chi connectivity index (χ1n) is 9.08. The maximum absolute atomic E-state index is 14.4. The van der Waals surface area contributed by atoms with Crippen LogP contribution in [0, 0.1) is 12.7 Å². The summed E-state index contributed by atoms with van der Waals surface area (Å²) >= 11 is 0. The second kappa shape index (κ2) is 8.70. The van der Waals surface area contributed by atoms with Crippen LogP contribution in [0.25, 0.3) is 0 Å². The standard InChI is InChI=1S/C20H23FN6O2/c1-12-11-23-17(25-18-9-13(7-8-28)26-27(18)3)10-16(12)24-19-14(20(29)22-2)5-4-6-15(19)21/h4-6,9-11,28H,7-8H2,1-3H3,(H,22,29)(H2,23,24,25). The molecule has 0 spiro atoms. The zero-order chi connectivity index (χ0) is 21.0. The molecule has 1 aromatic carbocycles. The number of aliphatic hydroxyl groups is 1. The number of benzene rings is 1. The van der Waals surface area contributed by atoms with Crippen LogP contribution in [0.15, 0.2) is 36.5 Å². The van der Waals surface area contributed by atoms with Crippen LogP contribution in [0.4, 0.5) is 27.4 Å². The van der Waals surface area contributed by atoms with Crippen molar-refractivity contribution in [2.75, 3.05) is 24.3 Å². The van der Waals surface area contributed by atoms with E-state index in [1.165, 1.54) is 19.2 Å². The Labute approximate surface area is 167 Å². The Morgan fingerprint density at radius 3 is 2.79 bits per heavy atom. The van der Waals surface area contributed by atoms with Crippen molar-refractivity contribution in [3.8, 4) is 0 Å². The summed E-state index contributed by atoms with van der Waals surface area (Å²) in [6, 6.07) is 7.89. The molecule has 1 amide bonds. The van der Waals surface area contributed by atoms with Gasteiger partial charge < -0.3 is 21.1 Å². The largest absolute Gasteiger partial charge is 0.396 e. The number of hydrogen-bond donors (Lipinski definition) is 4.